The molecular weight excluding hydrogens is 216 g/mol. The lowest BCUT2D eigenvalue weighted by Gasteiger charge is -1.88. The normalized spacial score (nSPS) is 16.4. The summed E-state index contributed by atoms with van der Waals surface area (Å²) in [5.74, 6) is 0.912. The van der Waals surface area contributed by atoms with Gasteiger partial charge in [-0.05, 0) is 31.2 Å². The van der Waals surface area contributed by atoms with E-state index in [0.29, 0.717) is 5.15 Å². The standard InChI is InChI=1S/C10H9ClN2S/c11-9-8-4-7(3-6-1-2-6)14-10(8)13-5-12-9/h4-6H,1-3H2. The van der Waals surface area contributed by atoms with E-state index in [1.807, 2.05) is 0 Å². The maximum absolute atomic E-state index is 5.98. The van der Waals surface area contributed by atoms with Crippen molar-refractivity contribution in [1.82, 2.24) is 9.97 Å². The Morgan fingerprint density at radius 2 is 2.29 bits per heavy atom. The van der Waals surface area contributed by atoms with E-state index in [4.69, 9.17) is 11.6 Å². The van der Waals surface area contributed by atoms with Gasteiger partial charge < -0.3 is 0 Å². The summed E-state index contributed by atoms with van der Waals surface area (Å²) in [5, 5.41) is 1.59. The maximum atomic E-state index is 5.98. The van der Waals surface area contributed by atoms with E-state index in [2.05, 4.69) is 16.0 Å². The number of thiophene rings is 1. The van der Waals surface area contributed by atoms with Crippen molar-refractivity contribution < 1.29 is 0 Å². The average Bonchev–Trinajstić information content (AvgIpc) is 2.84. The molecule has 2 heterocycles. The van der Waals surface area contributed by atoms with Gasteiger partial charge in [0.05, 0.1) is 0 Å². The highest BCUT2D eigenvalue weighted by Gasteiger charge is 2.22. The minimum atomic E-state index is 0.577. The number of nitrogens with zero attached hydrogens (tertiary/aromatic N) is 2. The maximum Gasteiger partial charge on any atom is 0.141 e. The Hall–Kier alpha value is -0.670. The minimum absolute atomic E-state index is 0.577. The predicted molar refractivity (Wildman–Crippen MR) is 58.9 cm³/mol. The second-order valence-corrected chi connectivity index (χ2v) is 5.22. The fraction of sp³-hybridized carbons (Fsp3) is 0.400. The van der Waals surface area contributed by atoms with Gasteiger partial charge in [-0.1, -0.05) is 11.6 Å². The van der Waals surface area contributed by atoms with E-state index >= 15 is 0 Å². The quantitative estimate of drug-likeness (QED) is 0.732. The molecule has 1 aliphatic rings. The topological polar surface area (TPSA) is 25.8 Å². The summed E-state index contributed by atoms with van der Waals surface area (Å²) in [6, 6.07) is 2.14. The summed E-state index contributed by atoms with van der Waals surface area (Å²) in [7, 11) is 0. The molecule has 0 atom stereocenters. The first kappa shape index (κ1) is 8.62. The Bertz CT molecular complexity index is 476. The van der Waals surface area contributed by atoms with Gasteiger partial charge in [-0.15, -0.1) is 11.3 Å². The fourth-order valence-corrected chi connectivity index (χ4v) is 2.94. The Labute approximate surface area is 90.9 Å². The van der Waals surface area contributed by atoms with Crippen molar-refractivity contribution in [3.8, 4) is 0 Å². The zero-order chi connectivity index (χ0) is 9.54. The molecule has 0 aromatic carbocycles. The number of fused-ring (bicyclic) bond motifs is 1. The van der Waals surface area contributed by atoms with Crippen molar-refractivity contribution >= 4 is 33.2 Å². The van der Waals surface area contributed by atoms with Crippen LogP contribution in [0.1, 0.15) is 17.7 Å². The van der Waals surface area contributed by atoms with Crippen LogP contribution in [0, 0.1) is 5.92 Å². The van der Waals surface area contributed by atoms with Crippen molar-refractivity contribution in [3.05, 3.63) is 22.4 Å². The van der Waals surface area contributed by atoms with Crippen LogP contribution in [0.3, 0.4) is 0 Å². The number of aromatic nitrogens is 2. The minimum Gasteiger partial charge on any atom is -0.225 e. The second kappa shape index (κ2) is 3.17. The molecule has 1 aliphatic carbocycles. The molecule has 14 heavy (non-hydrogen) atoms. The highest BCUT2D eigenvalue weighted by Crippen LogP contribution is 2.36. The molecule has 0 amide bonds. The SMILES string of the molecule is Clc1ncnc2sc(CC3CC3)cc12. The van der Waals surface area contributed by atoms with Crippen LogP contribution >= 0.6 is 22.9 Å². The highest BCUT2D eigenvalue weighted by atomic mass is 35.5. The zero-order valence-corrected chi connectivity index (χ0v) is 9.11. The molecule has 0 aliphatic heterocycles. The molecule has 0 unspecified atom stereocenters. The van der Waals surface area contributed by atoms with Gasteiger partial charge in [0, 0.05) is 10.3 Å². The van der Waals surface area contributed by atoms with Crippen molar-refractivity contribution in [3.63, 3.8) is 0 Å². The first-order valence-corrected chi connectivity index (χ1v) is 5.91. The molecule has 0 radical (unpaired) electrons. The first-order chi connectivity index (χ1) is 6.83. The van der Waals surface area contributed by atoms with Crippen molar-refractivity contribution in [2.45, 2.75) is 19.3 Å². The summed E-state index contributed by atoms with van der Waals surface area (Å²) in [5.41, 5.74) is 0. The Morgan fingerprint density at radius 3 is 3.00 bits per heavy atom. The van der Waals surface area contributed by atoms with E-state index < -0.39 is 0 Å². The van der Waals surface area contributed by atoms with Crippen LogP contribution in [0.4, 0.5) is 0 Å². The van der Waals surface area contributed by atoms with E-state index in [-0.39, 0.29) is 0 Å². The number of hydrogen-bond acceptors (Lipinski definition) is 3. The monoisotopic (exact) mass is 224 g/mol. The summed E-state index contributed by atoms with van der Waals surface area (Å²) in [6.07, 6.45) is 5.49. The Morgan fingerprint density at radius 1 is 1.43 bits per heavy atom. The first-order valence-electron chi connectivity index (χ1n) is 4.72. The largest absolute Gasteiger partial charge is 0.225 e. The van der Waals surface area contributed by atoms with Crippen molar-refractivity contribution in [1.29, 1.82) is 0 Å². The van der Waals surface area contributed by atoms with Crippen LogP contribution < -0.4 is 0 Å². The molecule has 72 valence electrons. The van der Waals surface area contributed by atoms with Gasteiger partial charge in [-0.25, -0.2) is 9.97 Å². The van der Waals surface area contributed by atoms with Crippen LogP contribution in [-0.2, 0) is 6.42 Å². The molecule has 3 rings (SSSR count). The average molecular weight is 225 g/mol. The van der Waals surface area contributed by atoms with Gasteiger partial charge in [0.15, 0.2) is 0 Å². The van der Waals surface area contributed by atoms with E-state index in [9.17, 15) is 0 Å². The molecule has 2 aromatic heterocycles. The van der Waals surface area contributed by atoms with Crippen molar-refractivity contribution in [2.75, 3.05) is 0 Å². The summed E-state index contributed by atoms with van der Waals surface area (Å²) in [6.45, 7) is 0. The van der Waals surface area contributed by atoms with Gasteiger partial charge in [0.25, 0.3) is 0 Å². The number of rotatable bonds is 2. The van der Waals surface area contributed by atoms with Crippen LogP contribution in [0.15, 0.2) is 12.4 Å². The summed E-state index contributed by atoms with van der Waals surface area (Å²) in [4.78, 5) is 10.6. The summed E-state index contributed by atoms with van der Waals surface area (Å²) >= 11 is 7.72. The molecule has 0 saturated heterocycles. The van der Waals surface area contributed by atoms with Gasteiger partial charge in [-0.3, -0.25) is 0 Å². The van der Waals surface area contributed by atoms with Gasteiger partial charge in [0.2, 0.25) is 0 Å². The number of hydrogen-bond donors (Lipinski definition) is 0. The molecule has 1 fully saturated rings. The Balaban J connectivity index is 2.05. The molecule has 2 aromatic rings. The lowest BCUT2D eigenvalue weighted by Crippen LogP contribution is -1.79. The van der Waals surface area contributed by atoms with Crippen molar-refractivity contribution in [2.24, 2.45) is 5.92 Å². The summed E-state index contributed by atoms with van der Waals surface area (Å²) < 4.78 is 0. The predicted octanol–water partition coefficient (Wildman–Crippen LogP) is 3.30. The van der Waals surface area contributed by atoms with E-state index in [0.717, 1.165) is 16.1 Å². The molecule has 0 spiro atoms. The lowest BCUT2D eigenvalue weighted by molar-refractivity contribution is 0.847. The molecule has 0 N–H and O–H groups in total. The van der Waals surface area contributed by atoms with Gasteiger partial charge >= 0.3 is 0 Å². The third-order valence-electron chi connectivity index (χ3n) is 2.52. The molecule has 2 nitrogen and oxygen atoms in total. The van der Waals surface area contributed by atoms with Gasteiger partial charge in [-0.2, -0.15) is 0 Å². The highest BCUT2D eigenvalue weighted by molar-refractivity contribution is 7.18. The smallest absolute Gasteiger partial charge is 0.141 e. The molecule has 4 heteroatoms. The second-order valence-electron chi connectivity index (χ2n) is 3.74. The van der Waals surface area contributed by atoms with Crippen LogP contribution in [0.25, 0.3) is 10.2 Å². The third-order valence-corrected chi connectivity index (χ3v) is 3.89. The molecule has 1 saturated carbocycles. The number of halogens is 1. The van der Waals surface area contributed by atoms with Crippen LogP contribution in [-0.4, -0.2) is 9.97 Å². The third kappa shape index (κ3) is 1.51. The fourth-order valence-electron chi connectivity index (χ4n) is 1.58. The molecular formula is C10H9ClN2S. The van der Waals surface area contributed by atoms with E-state index in [1.165, 1.54) is 30.5 Å². The zero-order valence-electron chi connectivity index (χ0n) is 7.53. The molecule has 0 bridgehead atoms. The lowest BCUT2D eigenvalue weighted by atomic mass is 10.2. The van der Waals surface area contributed by atoms with Crippen LogP contribution in [0.5, 0.6) is 0 Å². The van der Waals surface area contributed by atoms with E-state index in [1.54, 1.807) is 11.3 Å². The van der Waals surface area contributed by atoms with Crippen LogP contribution in [0.2, 0.25) is 5.15 Å². The van der Waals surface area contributed by atoms with Gasteiger partial charge in [0.1, 0.15) is 16.3 Å². The Kier molecular flexibility index (Phi) is 1.96.